The van der Waals surface area contributed by atoms with Gasteiger partial charge in [-0.1, -0.05) is 0 Å². The highest BCUT2D eigenvalue weighted by atomic mass is 19.4. The lowest BCUT2D eigenvalue weighted by atomic mass is 10.3. The molecule has 28 heavy (non-hydrogen) atoms. The number of hydrogen-bond donors (Lipinski definition) is 3. The summed E-state index contributed by atoms with van der Waals surface area (Å²) in [6.45, 7) is 0.194. The Labute approximate surface area is 155 Å². The van der Waals surface area contributed by atoms with Gasteiger partial charge in [0.25, 0.3) is 11.8 Å². The van der Waals surface area contributed by atoms with Crippen LogP contribution in [0.1, 0.15) is 32.2 Å². The summed E-state index contributed by atoms with van der Waals surface area (Å²) in [7, 11) is 3.23. The highest BCUT2D eigenvalue weighted by Crippen LogP contribution is 2.27. The Balaban J connectivity index is 1.72. The number of rotatable bonds is 5. The molecule has 0 radical (unpaired) electrons. The van der Waals surface area contributed by atoms with Crippen LogP contribution < -0.4 is 10.6 Å². The Hall–Kier alpha value is -3.64. The second-order valence-electron chi connectivity index (χ2n) is 5.85. The standard InChI is InChI=1S/C15H15F3N8O2/c1-25-7-8(5-20-25)4-19-14(28)12-10(6-21-26(12)2)22-13(27)9-3-11(24-23-9)15(16,17)18/h3,5-7H,4H2,1-2H3,(H,19,28)(H,22,27)(H,23,24). The van der Waals surface area contributed by atoms with Crippen molar-refractivity contribution in [3.05, 3.63) is 47.3 Å². The molecule has 3 heterocycles. The molecule has 3 aromatic rings. The molecule has 0 aliphatic heterocycles. The maximum Gasteiger partial charge on any atom is 0.432 e. The molecule has 0 saturated carbocycles. The van der Waals surface area contributed by atoms with Gasteiger partial charge >= 0.3 is 6.18 Å². The Morgan fingerprint density at radius 2 is 1.93 bits per heavy atom. The fourth-order valence-corrected chi connectivity index (χ4v) is 2.40. The second-order valence-corrected chi connectivity index (χ2v) is 5.85. The number of amides is 2. The zero-order valence-corrected chi connectivity index (χ0v) is 14.7. The summed E-state index contributed by atoms with van der Waals surface area (Å²) in [5.74, 6) is -1.45. The lowest BCUT2D eigenvalue weighted by Crippen LogP contribution is -2.26. The van der Waals surface area contributed by atoms with E-state index in [9.17, 15) is 22.8 Å². The molecular formula is C15H15F3N8O2. The third-order valence-corrected chi connectivity index (χ3v) is 3.73. The van der Waals surface area contributed by atoms with Gasteiger partial charge in [0.1, 0.15) is 11.4 Å². The molecule has 0 aliphatic rings. The number of halogens is 3. The van der Waals surface area contributed by atoms with E-state index in [0.717, 1.165) is 5.56 Å². The highest BCUT2D eigenvalue weighted by molar-refractivity contribution is 6.07. The number of alkyl halides is 3. The van der Waals surface area contributed by atoms with Crippen molar-refractivity contribution in [1.29, 1.82) is 0 Å². The second kappa shape index (κ2) is 7.17. The van der Waals surface area contributed by atoms with E-state index in [2.05, 4.69) is 25.9 Å². The molecule has 0 aromatic carbocycles. The van der Waals surface area contributed by atoms with Crippen molar-refractivity contribution >= 4 is 17.5 Å². The smallest absolute Gasteiger partial charge is 0.346 e. The van der Waals surface area contributed by atoms with Crippen molar-refractivity contribution in [2.24, 2.45) is 14.1 Å². The minimum absolute atomic E-state index is 0.0313. The summed E-state index contributed by atoms with van der Waals surface area (Å²) in [6, 6.07) is 0.577. The van der Waals surface area contributed by atoms with Crippen molar-refractivity contribution in [2.75, 3.05) is 5.32 Å². The minimum atomic E-state index is -4.66. The maximum absolute atomic E-state index is 12.6. The lowest BCUT2D eigenvalue weighted by molar-refractivity contribution is -0.141. The third kappa shape index (κ3) is 4.02. The lowest BCUT2D eigenvalue weighted by Gasteiger charge is -2.07. The van der Waals surface area contributed by atoms with Crippen molar-refractivity contribution in [3.63, 3.8) is 0 Å². The van der Waals surface area contributed by atoms with Crippen molar-refractivity contribution < 1.29 is 22.8 Å². The number of aromatic nitrogens is 6. The van der Waals surface area contributed by atoms with Crippen LogP contribution in [0.5, 0.6) is 0 Å². The van der Waals surface area contributed by atoms with E-state index in [0.29, 0.717) is 6.07 Å². The summed E-state index contributed by atoms with van der Waals surface area (Å²) < 4.78 is 40.7. The zero-order chi connectivity index (χ0) is 20.5. The predicted octanol–water partition coefficient (Wildman–Crippen LogP) is 1.08. The first kappa shape index (κ1) is 19.1. The Morgan fingerprint density at radius 1 is 1.18 bits per heavy atom. The Morgan fingerprint density at radius 3 is 2.54 bits per heavy atom. The van der Waals surface area contributed by atoms with Gasteiger partial charge in [0, 0.05) is 38.5 Å². The summed E-state index contributed by atoms with van der Waals surface area (Å²) >= 11 is 0. The van der Waals surface area contributed by atoms with Gasteiger partial charge in [-0.2, -0.15) is 28.5 Å². The molecular weight excluding hydrogens is 381 g/mol. The predicted molar refractivity (Wildman–Crippen MR) is 89.1 cm³/mol. The molecule has 0 unspecified atom stereocenters. The molecule has 3 rings (SSSR count). The molecule has 0 saturated heterocycles. The van der Waals surface area contributed by atoms with E-state index in [1.54, 1.807) is 29.2 Å². The van der Waals surface area contributed by atoms with Crippen LogP contribution in [0.4, 0.5) is 18.9 Å². The van der Waals surface area contributed by atoms with Crippen LogP contribution >= 0.6 is 0 Å². The summed E-state index contributed by atoms with van der Waals surface area (Å²) in [6.07, 6.45) is -0.130. The fourth-order valence-electron chi connectivity index (χ4n) is 2.40. The Bertz CT molecular complexity index is 1020. The number of nitrogens with one attached hydrogen (secondary N) is 3. The van der Waals surface area contributed by atoms with Crippen LogP contribution in [-0.2, 0) is 26.8 Å². The number of nitrogens with zero attached hydrogens (tertiary/aromatic N) is 5. The molecule has 0 fully saturated rings. The first-order valence-corrected chi connectivity index (χ1v) is 7.87. The van der Waals surface area contributed by atoms with Gasteiger partial charge in [-0.05, 0) is 0 Å². The zero-order valence-electron chi connectivity index (χ0n) is 14.7. The average molecular weight is 396 g/mol. The molecule has 0 aliphatic carbocycles. The maximum atomic E-state index is 12.6. The number of H-pyrrole nitrogens is 1. The van der Waals surface area contributed by atoms with Crippen LogP contribution in [0, 0.1) is 0 Å². The third-order valence-electron chi connectivity index (χ3n) is 3.73. The summed E-state index contributed by atoms with van der Waals surface area (Å²) in [5, 5.41) is 18.0. The van der Waals surface area contributed by atoms with Crippen molar-refractivity contribution in [3.8, 4) is 0 Å². The average Bonchev–Trinajstić information content (AvgIpc) is 3.32. The summed E-state index contributed by atoms with van der Waals surface area (Å²) in [5.41, 5.74) is -0.799. The van der Waals surface area contributed by atoms with Gasteiger partial charge in [0.15, 0.2) is 5.69 Å². The molecule has 0 atom stereocenters. The molecule has 3 N–H and O–H groups in total. The van der Waals surface area contributed by atoms with E-state index in [-0.39, 0.29) is 17.9 Å². The number of aromatic amines is 1. The van der Waals surface area contributed by atoms with Gasteiger partial charge < -0.3 is 10.6 Å². The number of aryl methyl sites for hydroxylation is 2. The molecule has 3 aromatic heterocycles. The molecule has 10 nitrogen and oxygen atoms in total. The van der Waals surface area contributed by atoms with Crippen molar-refractivity contribution in [1.82, 2.24) is 35.1 Å². The SMILES string of the molecule is Cn1cc(CNC(=O)c2c(NC(=O)c3cc(C(F)(F)F)[nH]n3)cnn2C)cn1. The molecule has 0 spiro atoms. The quantitative estimate of drug-likeness (QED) is 0.596. The van der Waals surface area contributed by atoms with Gasteiger partial charge in [-0.15, -0.1) is 0 Å². The normalized spacial score (nSPS) is 11.5. The van der Waals surface area contributed by atoms with Gasteiger partial charge in [0.2, 0.25) is 0 Å². The van der Waals surface area contributed by atoms with Gasteiger partial charge in [-0.3, -0.25) is 24.1 Å². The number of anilines is 1. The highest BCUT2D eigenvalue weighted by Gasteiger charge is 2.34. The molecule has 0 bridgehead atoms. The van der Waals surface area contributed by atoms with Crippen LogP contribution in [0.25, 0.3) is 0 Å². The van der Waals surface area contributed by atoms with Crippen LogP contribution in [0.3, 0.4) is 0 Å². The minimum Gasteiger partial charge on any atom is -0.346 e. The van der Waals surface area contributed by atoms with E-state index >= 15 is 0 Å². The number of carbonyl (C=O) groups is 2. The molecule has 2 amide bonds. The number of carbonyl (C=O) groups excluding carboxylic acids is 2. The van der Waals surface area contributed by atoms with Crippen LogP contribution in [0.2, 0.25) is 0 Å². The topological polar surface area (TPSA) is 123 Å². The van der Waals surface area contributed by atoms with E-state index < -0.39 is 29.4 Å². The Kier molecular flexibility index (Phi) is 4.90. The van der Waals surface area contributed by atoms with Gasteiger partial charge in [-0.25, -0.2) is 0 Å². The first-order valence-electron chi connectivity index (χ1n) is 7.87. The number of hydrogen-bond acceptors (Lipinski definition) is 5. The van der Waals surface area contributed by atoms with Gasteiger partial charge in [0.05, 0.1) is 18.1 Å². The molecule has 13 heteroatoms. The van der Waals surface area contributed by atoms with Crippen LogP contribution in [-0.4, -0.2) is 41.6 Å². The summed E-state index contributed by atoms with van der Waals surface area (Å²) in [4.78, 5) is 24.6. The van der Waals surface area contributed by atoms with E-state index in [1.807, 2.05) is 0 Å². The van der Waals surface area contributed by atoms with Crippen molar-refractivity contribution in [2.45, 2.75) is 12.7 Å². The largest absolute Gasteiger partial charge is 0.432 e. The van der Waals surface area contributed by atoms with E-state index in [4.69, 9.17) is 0 Å². The first-order chi connectivity index (χ1) is 13.1. The monoisotopic (exact) mass is 396 g/mol. The van der Waals surface area contributed by atoms with Crippen LogP contribution in [0.15, 0.2) is 24.7 Å². The van der Waals surface area contributed by atoms with E-state index in [1.165, 1.54) is 17.9 Å². The molecule has 148 valence electrons. The fraction of sp³-hybridized carbons (Fsp3) is 0.267.